The van der Waals surface area contributed by atoms with Crippen LogP contribution in [0.1, 0.15) is 84.1 Å². The van der Waals surface area contributed by atoms with Crippen LogP contribution in [0.5, 0.6) is 0 Å². The van der Waals surface area contributed by atoms with Crippen LogP contribution in [0.25, 0.3) is 11.1 Å². The third-order valence-corrected chi connectivity index (χ3v) is 9.18. The first-order valence-corrected chi connectivity index (χ1v) is 16.4. The van der Waals surface area contributed by atoms with Gasteiger partial charge in [0.15, 0.2) is 0 Å². The van der Waals surface area contributed by atoms with E-state index in [-0.39, 0.29) is 53.3 Å². The van der Waals surface area contributed by atoms with Gasteiger partial charge < -0.3 is 19.9 Å². The number of carbonyl (C=O) groups excluding carboxylic acids is 1. The second-order valence-electron chi connectivity index (χ2n) is 13.5. The summed E-state index contributed by atoms with van der Waals surface area (Å²) in [5.74, 6) is -8.34. The Morgan fingerprint density at radius 1 is 0.885 bits per heavy atom. The third-order valence-electron chi connectivity index (χ3n) is 9.18. The molecule has 284 valence electrons. The number of carboxylic acids is 1. The zero-order valence-corrected chi connectivity index (χ0v) is 29.0. The molecule has 2 aromatic carbocycles. The molecule has 2 atom stereocenters. The summed E-state index contributed by atoms with van der Waals surface area (Å²) in [5, 5.41) is 11.8. The molecule has 1 amide bonds. The number of hydrogen-bond donors (Lipinski definition) is 2. The fraction of sp³-hybridized carbons (Fsp3) is 0.472. The Morgan fingerprint density at radius 3 is 2.02 bits per heavy atom. The summed E-state index contributed by atoms with van der Waals surface area (Å²) in [6, 6.07) is -2.30. The van der Waals surface area contributed by atoms with Crippen molar-refractivity contribution in [2.75, 3.05) is 19.6 Å². The van der Waals surface area contributed by atoms with Crippen molar-refractivity contribution >= 4 is 11.9 Å². The number of nitrogens with zero attached hydrogens (tertiary/aromatic N) is 2. The number of aliphatic carboxylic acids is 1. The number of carbonyl (C=O) groups is 2. The second kappa shape index (κ2) is 15.3. The summed E-state index contributed by atoms with van der Waals surface area (Å²) >= 11 is 0. The molecular formula is C36H38F9N3O4. The molecule has 1 fully saturated rings. The van der Waals surface area contributed by atoms with E-state index in [1.807, 2.05) is 4.90 Å². The number of aromatic nitrogens is 1. The van der Waals surface area contributed by atoms with E-state index in [1.54, 1.807) is 13.8 Å². The van der Waals surface area contributed by atoms with Gasteiger partial charge in [-0.15, -0.1) is 0 Å². The second-order valence-corrected chi connectivity index (χ2v) is 13.5. The van der Waals surface area contributed by atoms with Crippen LogP contribution in [0.15, 0.2) is 29.2 Å². The number of nitrogens with one attached hydrogen (secondary N) is 1. The van der Waals surface area contributed by atoms with Gasteiger partial charge in [0.05, 0.1) is 23.6 Å². The van der Waals surface area contributed by atoms with Crippen LogP contribution < -0.4 is 10.9 Å². The van der Waals surface area contributed by atoms with Crippen molar-refractivity contribution in [1.82, 2.24) is 14.8 Å². The number of benzene rings is 2. The molecule has 16 heteroatoms. The molecule has 0 saturated carbocycles. The lowest BCUT2D eigenvalue weighted by atomic mass is 9.88. The quantitative estimate of drug-likeness (QED) is 0.183. The van der Waals surface area contributed by atoms with Crippen LogP contribution in [0.3, 0.4) is 0 Å². The average Bonchev–Trinajstić information content (AvgIpc) is 2.98. The minimum absolute atomic E-state index is 0.0898. The van der Waals surface area contributed by atoms with Gasteiger partial charge in [0.1, 0.15) is 23.5 Å². The van der Waals surface area contributed by atoms with E-state index in [0.29, 0.717) is 23.7 Å². The van der Waals surface area contributed by atoms with Crippen molar-refractivity contribution in [3.63, 3.8) is 0 Å². The van der Waals surface area contributed by atoms with Gasteiger partial charge in [-0.1, -0.05) is 19.9 Å². The molecule has 0 spiro atoms. The van der Waals surface area contributed by atoms with Gasteiger partial charge in [-0.3, -0.25) is 14.4 Å². The van der Waals surface area contributed by atoms with E-state index in [2.05, 4.69) is 5.32 Å². The summed E-state index contributed by atoms with van der Waals surface area (Å²) in [7, 11) is 0. The molecule has 1 aliphatic rings. The fourth-order valence-electron chi connectivity index (χ4n) is 6.57. The molecule has 2 N–H and O–H groups in total. The van der Waals surface area contributed by atoms with Gasteiger partial charge in [-0.25, -0.2) is 13.2 Å². The predicted octanol–water partition coefficient (Wildman–Crippen LogP) is 8.06. The molecular weight excluding hydrogens is 709 g/mol. The smallest absolute Gasteiger partial charge is 0.419 e. The number of alkyl halides is 6. The van der Waals surface area contributed by atoms with Crippen LogP contribution in [0.4, 0.5) is 39.5 Å². The maximum absolute atomic E-state index is 16.5. The number of aryl methyl sites for hydroxylation is 2. The molecule has 0 bridgehead atoms. The molecule has 52 heavy (non-hydrogen) atoms. The predicted molar refractivity (Wildman–Crippen MR) is 173 cm³/mol. The van der Waals surface area contributed by atoms with Crippen LogP contribution >= 0.6 is 0 Å². The molecule has 0 unspecified atom stereocenters. The zero-order valence-electron chi connectivity index (χ0n) is 29.0. The third kappa shape index (κ3) is 8.64. The van der Waals surface area contributed by atoms with E-state index in [1.165, 1.54) is 26.8 Å². The van der Waals surface area contributed by atoms with Gasteiger partial charge in [-0.05, 0) is 92.9 Å². The Hall–Kier alpha value is -4.34. The highest BCUT2D eigenvalue weighted by molar-refractivity contribution is 5.82. The lowest BCUT2D eigenvalue weighted by Crippen LogP contribution is -2.41. The lowest BCUT2D eigenvalue weighted by Gasteiger charge is -2.31. The first kappa shape index (κ1) is 40.4. The number of amides is 1. The first-order chi connectivity index (χ1) is 24.0. The number of halogens is 9. The van der Waals surface area contributed by atoms with E-state index in [9.17, 15) is 50.2 Å². The highest BCUT2D eigenvalue weighted by Crippen LogP contribution is 2.43. The summed E-state index contributed by atoms with van der Waals surface area (Å²) in [6.07, 6.45) is -10.4. The minimum atomic E-state index is -5.47. The lowest BCUT2D eigenvalue weighted by molar-refractivity contribution is -0.140. The van der Waals surface area contributed by atoms with Crippen LogP contribution in [-0.2, 0) is 28.4 Å². The monoisotopic (exact) mass is 747 g/mol. The molecule has 1 aromatic heterocycles. The first-order valence-electron chi connectivity index (χ1n) is 16.4. The van der Waals surface area contributed by atoms with Gasteiger partial charge in [0, 0.05) is 29.9 Å². The molecule has 2 heterocycles. The fourth-order valence-corrected chi connectivity index (χ4v) is 6.57. The largest absolute Gasteiger partial charge is 0.481 e. The van der Waals surface area contributed by atoms with Gasteiger partial charge in [0.25, 0.3) is 5.56 Å². The molecule has 1 aliphatic heterocycles. The number of pyridine rings is 1. The molecule has 0 radical (unpaired) electrons. The van der Waals surface area contributed by atoms with Crippen LogP contribution in [-0.4, -0.2) is 46.1 Å². The van der Waals surface area contributed by atoms with Crippen molar-refractivity contribution in [2.45, 2.75) is 84.7 Å². The summed E-state index contributed by atoms with van der Waals surface area (Å²) in [6.45, 7) is 8.63. The maximum Gasteiger partial charge on any atom is 0.419 e. The Balaban J connectivity index is 1.90. The molecule has 3 aromatic rings. The van der Waals surface area contributed by atoms with Gasteiger partial charge >= 0.3 is 18.3 Å². The van der Waals surface area contributed by atoms with Crippen molar-refractivity contribution in [3.8, 4) is 11.1 Å². The Labute approximate surface area is 293 Å². The van der Waals surface area contributed by atoms with Crippen molar-refractivity contribution in [2.24, 2.45) is 5.92 Å². The molecule has 0 aliphatic carbocycles. The van der Waals surface area contributed by atoms with E-state index < -0.39 is 93.9 Å². The highest BCUT2D eigenvalue weighted by atomic mass is 19.4. The Morgan fingerprint density at radius 2 is 1.50 bits per heavy atom. The topological polar surface area (TPSA) is 91.6 Å². The number of carboxylic acid groups (broad SMARTS) is 1. The molecule has 1 saturated heterocycles. The SMILES string of the molecule is Cc1cc(C)c(-c2cc(C(F)(F)F)c(F)c([C@H](CC(=O)O)NC(=O)[C@H](CC(C)C)n3cc(CCN4CCC4)c(C(F)(F)F)cc3=O)c2F)c(C)c1F. The Kier molecular flexibility index (Phi) is 11.9. The van der Waals surface area contributed by atoms with Crippen LogP contribution in [0, 0.1) is 44.1 Å². The average molecular weight is 748 g/mol. The Bertz CT molecular complexity index is 1910. The number of hydrogen-bond acceptors (Lipinski definition) is 4. The summed E-state index contributed by atoms with van der Waals surface area (Å²) in [5.41, 5.74) is -7.65. The van der Waals surface area contributed by atoms with E-state index >= 15 is 8.78 Å². The minimum Gasteiger partial charge on any atom is -0.481 e. The van der Waals surface area contributed by atoms with E-state index in [0.717, 1.165) is 12.6 Å². The zero-order chi connectivity index (χ0) is 39.0. The van der Waals surface area contributed by atoms with E-state index in [4.69, 9.17) is 0 Å². The molecule has 7 nitrogen and oxygen atoms in total. The van der Waals surface area contributed by atoms with Gasteiger partial charge in [0.2, 0.25) is 5.91 Å². The van der Waals surface area contributed by atoms with Crippen LogP contribution in [0.2, 0.25) is 0 Å². The van der Waals surface area contributed by atoms with Crippen molar-refractivity contribution in [1.29, 1.82) is 0 Å². The standard InChI is InChI=1S/C36H38F9N3O4/c1-17(2)11-26(48-16-21(7-10-47-8-6-9-47)23(14-27(48)49)35(40,41)42)34(52)46-25(15-28(50)51)30-32(38)22(13-24(33(30)39)36(43,44)45)29-18(3)12-19(4)31(37)20(29)5/h12-14,16-17,25-26H,6-11,15H2,1-5H3,(H,46,52)(H,50,51)/t25-,26-/m0/s1. The number of rotatable bonds is 12. The normalized spacial score (nSPS) is 15.1. The number of likely N-dealkylation sites (tertiary alicyclic amines) is 1. The summed E-state index contributed by atoms with van der Waals surface area (Å²) in [4.78, 5) is 41.0. The summed E-state index contributed by atoms with van der Waals surface area (Å²) < 4.78 is 133. The molecule has 4 rings (SSSR count). The van der Waals surface area contributed by atoms with Crippen molar-refractivity contribution in [3.05, 3.63) is 91.1 Å². The van der Waals surface area contributed by atoms with Gasteiger partial charge in [-0.2, -0.15) is 26.3 Å². The maximum atomic E-state index is 16.5. The van der Waals surface area contributed by atoms with Crippen molar-refractivity contribution < 1.29 is 54.2 Å². The highest BCUT2D eigenvalue weighted by Gasteiger charge is 2.41.